The molecule has 5 atom stereocenters. The predicted octanol–water partition coefficient (Wildman–Crippen LogP) is -2.19. The van der Waals surface area contributed by atoms with E-state index in [4.69, 9.17) is 20.4 Å². The Balaban J connectivity index is 2.63. The Kier molecular flexibility index (Phi) is 2.46. The third kappa shape index (κ3) is 1.52. The maximum Gasteiger partial charge on any atom is 0.183 e. The van der Waals surface area contributed by atoms with Crippen molar-refractivity contribution in [3.8, 4) is 0 Å². The molecule has 0 spiro atoms. The minimum Gasteiger partial charge on any atom is -0.388 e. The molecule has 5 heteroatoms. The van der Waals surface area contributed by atoms with Crippen LogP contribution in [0.3, 0.4) is 0 Å². The van der Waals surface area contributed by atoms with Crippen LogP contribution >= 0.6 is 0 Å². The first-order valence-electron chi connectivity index (χ1n) is 3.41. The van der Waals surface area contributed by atoms with Crippen molar-refractivity contribution in [2.45, 2.75) is 37.6 Å². The SMILES string of the molecule is C[C@H]1O[C@H](O)[C@H](O)[C@H](O)[C@@H]1O. The van der Waals surface area contributed by atoms with Crippen molar-refractivity contribution in [2.24, 2.45) is 0 Å². The van der Waals surface area contributed by atoms with E-state index in [-0.39, 0.29) is 0 Å². The summed E-state index contributed by atoms with van der Waals surface area (Å²) in [7, 11) is 0. The van der Waals surface area contributed by atoms with Crippen LogP contribution in [-0.2, 0) is 4.74 Å². The summed E-state index contributed by atoms with van der Waals surface area (Å²) in [4.78, 5) is 0. The number of aliphatic hydroxyl groups is 4. The van der Waals surface area contributed by atoms with Crippen molar-refractivity contribution in [3.05, 3.63) is 0 Å². The maximum absolute atomic E-state index is 9.09. The molecule has 1 heterocycles. The lowest BCUT2D eigenvalue weighted by atomic mass is 10.0. The molecule has 1 aliphatic heterocycles. The fourth-order valence-electron chi connectivity index (χ4n) is 1.03. The molecule has 0 unspecified atom stereocenters. The average molecular weight is 164 g/mol. The smallest absolute Gasteiger partial charge is 0.183 e. The summed E-state index contributed by atoms with van der Waals surface area (Å²) in [6.07, 6.45) is -5.99. The van der Waals surface area contributed by atoms with E-state index in [1.54, 1.807) is 0 Å². The maximum atomic E-state index is 9.09. The normalized spacial score (nSPS) is 52.6. The van der Waals surface area contributed by atoms with Gasteiger partial charge in [0.1, 0.15) is 18.3 Å². The van der Waals surface area contributed by atoms with Gasteiger partial charge < -0.3 is 25.2 Å². The van der Waals surface area contributed by atoms with Crippen LogP contribution in [0.4, 0.5) is 0 Å². The molecule has 0 aliphatic carbocycles. The second-order valence-corrected chi connectivity index (χ2v) is 2.70. The number of aliphatic hydroxyl groups excluding tert-OH is 4. The summed E-state index contributed by atoms with van der Waals surface area (Å²) in [5, 5.41) is 36.0. The Morgan fingerprint density at radius 1 is 0.909 bits per heavy atom. The first kappa shape index (κ1) is 8.89. The largest absolute Gasteiger partial charge is 0.388 e. The van der Waals surface area contributed by atoms with E-state index in [1.165, 1.54) is 6.92 Å². The summed E-state index contributed by atoms with van der Waals surface area (Å²) in [6, 6.07) is 0. The van der Waals surface area contributed by atoms with Crippen molar-refractivity contribution in [1.29, 1.82) is 0 Å². The van der Waals surface area contributed by atoms with Crippen LogP contribution in [0.15, 0.2) is 0 Å². The van der Waals surface area contributed by atoms with E-state index in [9.17, 15) is 0 Å². The van der Waals surface area contributed by atoms with Gasteiger partial charge in [0.2, 0.25) is 0 Å². The van der Waals surface area contributed by atoms with E-state index in [2.05, 4.69) is 4.74 Å². The molecule has 0 aromatic heterocycles. The highest BCUT2D eigenvalue weighted by Crippen LogP contribution is 2.18. The second-order valence-electron chi connectivity index (χ2n) is 2.70. The molecule has 0 aromatic rings. The number of hydrogen-bond acceptors (Lipinski definition) is 5. The van der Waals surface area contributed by atoms with E-state index in [0.29, 0.717) is 0 Å². The van der Waals surface area contributed by atoms with Crippen molar-refractivity contribution < 1.29 is 25.2 Å². The van der Waals surface area contributed by atoms with E-state index < -0.39 is 30.7 Å². The third-order valence-electron chi connectivity index (χ3n) is 1.83. The number of ether oxygens (including phenoxy) is 1. The molecule has 1 fully saturated rings. The van der Waals surface area contributed by atoms with Crippen LogP contribution in [0.2, 0.25) is 0 Å². The lowest BCUT2D eigenvalue weighted by Gasteiger charge is -2.36. The van der Waals surface area contributed by atoms with Gasteiger partial charge in [-0.1, -0.05) is 0 Å². The lowest BCUT2D eigenvalue weighted by molar-refractivity contribution is -0.277. The average Bonchev–Trinajstić information content (AvgIpc) is 1.97. The van der Waals surface area contributed by atoms with Gasteiger partial charge in [0.15, 0.2) is 6.29 Å². The van der Waals surface area contributed by atoms with E-state index in [1.807, 2.05) is 0 Å². The van der Waals surface area contributed by atoms with Crippen molar-refractivity contribution in [2.75, 3.05) is 0 Å². The molecule has 0 amide bonds. The van der Waals surface area contributed by atoms with Gasteiger partial charge in [0.05, 0.1) is 6.10 Å². The fourth-order valence-corrected chi connectivity index (χ4v) is 1.03. The van der Waals surface area contributed by atoms with Crippen molar-refractivity contribution in [3.63, 3.8) is 0 Å². The van der Waals surface area contributed by atoms with Crippen molar-refractivity contribution in [1.82, 2.24) is 0 Å². The zero-order valence-electron chi connectivity index (χ0n) is 6.08. The summed E-state index contributed by atoms with van der Waals surface area (Å²) in [5.41, 5.74) is 0. The summed E-state index contributed by atoms with van der Waals surface area (Å²) in [5.74, 6) is 0. The van der Waals surface area contributed by atoms with Gasteiger partial charge >= 0.3 is 0 Å². The quantitative estimate of drug-likeness (QED) is 0.326. The first-order valence-corrected chi connectivity index (χ1v) is 3.41. The minimum atomic E-state index is -1.43. The highest BCUT2D eigenvalue weighted by molar-refractivity contribution is 4.86. The molecule has 0 radical (unpaired) electrons. The van der Waals surface area contributed by atoms with Gasteiger partial charge in [-0.2, -0.15) is 0 Å². The molecular formula is C6H12O5. The van der Waals surface area contributed by atoms with Crippen LogP contribution in [0.5, 0.6) is 0 Å². The summed E-state index contributed by atoms with van der Waals surface area (Å²) < 4.78 is 4.68. The molecule has 11 heavy (non-hydrogen) atoms. The van der Waals surface area contributed by atoms with Gasteiger partial charge in [-0.25, -0.2) is 0 Å². The Hall–Kier alpha value is -0.200. The van der Waals surface area contributed by atoms with Crippen LogP contribution in [0.1, 0.15) is 6.92 Å². The standard InChI is InChI=1S/C6H12O5/c1-2-3(7)4(8)5(9)6(10)11-2/h2-10H,1H3/t2-,3-,4-,5-,6+/m1/s1. The summed E-state index contributed by atoms with van der Waals surface area (Å²) >= 11 is 0. The molecule has 0 bridgehead atoms. The predicted molar refractivity (Wildman–Crippen MR) is 34.6 cm³/mol. The minimum absolute atomic E-state index is 0.664. The summed E-state index contributed by atoms with van der Waals surface area (Å²) in [6.45, 7) is 1.50. The Labute approximate surface area is 63.8 Å². The van der Waals surface area contributed by atoms with Crippen LogP contribution in [0.25, 0.3) is 0 Å². The van der Waals surface area contributed by atoms with Crippen LogP contribution in [0, 0.1) is 0 Å². The zero-order valence-corrected chi connectivity index (χ0v) is 6.08. The molecule has 66 valence electrons. The van der Waals surface area contributed by atoms with Crippen molar-refractivity contribution >= 4 is 0 Å². The Bertz CT molecular complexity index is 125. The molecule has 1 aliphatic rings. The van der Waals surface area contributed by atoms with Crippen LogP contribution < -0.4 is 0 Å². The van der Waals surface area contributed by atoms with Gasteiger partial charge in [-0.05, 0) is 6.92 Å². The van der Waals surface area contributed by atoms with E-state index >= 15 is 0 Å². The number of rotatable bonds is 0. The monoisotopic (exact) mass is 164 g/mol. The lowest BCUT2D eigenvalue weighted by Crippen LogP contribution is -2.56. The molecule has 4 N–H and O–H groups in total. The molecule has 5 nitrogen and oxygen atoms in total. The van der Waals surface area contributed by atoms with Gasteiger partial charge in [0, 0.05) is 0 Å². The van der Waals surface area contributed by atoms with Gasteiger partial charge in [-0.3, -0.25) is 0 Å². The van der Waals surface area contributed by atoms with Gasteiger partial charge in [0.25, 0.3) is 0 Å². The number of hydrogen-bond donors (Lipinski definition) is 4. The van der Waals surface area contributed by atoms with Crippen LogP contribution in [-0.4, -0.2) is 51.1 Å². The second kappa shape index (κ2) is 3.04. The molecular weight excluding hydrogens is 152 g/mol. The molecule has 0 saturated carbocycles. The van der Waals surface area contributed by atoms with E-state index in [0.717, 1.165) is 0 Å². The zero-order chi connectivity index (χ0) is 8.59. The molecule has 1 rings (SSSR count). The fraction of sp³-hybridized carbons (Fsp3) is 1.00. The highest BCUT2D eigenvalue weighted by Gasteiger charge is 2.40. The third-order valence-corrected chi connectivity index (χ3v) is 1.83. The topological polar surface area (TPSA) is 90.2 Å². The van der Waals surface area contributed by atoms with Gasteiger partial charge in [-0.15, -0.1) is 0 Å². The Morgan fingerprint density at radius 3 is 2.00 bits per heavy atom. The molecule has 1 saturated heterocycles. The molecule has 0 aromatic carbocycles. The Morgan fingerprint density at radius 2 is 1.45 bits per heavy atom. The first-order chi connectivity index (χ1) is 5.04. The highest BCUT2D eigenvalue weighted by atomic mass is 16.6.